The molecule has 204 valence electrons. The molecule has 3 rings (SSSR count). The van der Waals surface area contributed by atoms with E-state index in [9.17, 15) is 19.8 Å². The fraction of sp³-hybridized carbons (Fsp3) is 0.621. The van der Waals surface area contributed by atoms with Crippen LogP contribution >= 0.6 is 0 Å². The van der Waals surface area contributed by atoms with Crippen molar-refractivity contribution in [2.24, 2.45) is 23.0 Å². The van der Waals surface area contributed by atoms with E-state index in [0.29, 0.717) is 29.8 Å². The minimum atomic E-state index is -1.25. The van der Waals surface area contributed by atoms with Crippen molar-refractivity contribution in [1.29, 1.82) is 0 Å². The van der Waals surface area contributed by atoms with E-state index in [4.69, 9.17) is 14.9 Å². The number of carbonyl (C=O) groups excluding carboxylic acids is 2. The third-order valence-electron chi connectivity index (χ3n) is 7.79. The zero-order valence-corrected chi connectivity index (χ0v) is 22.7. The first-order chi connectivity index (χ1) is 17.5. The van der Waals surface area contributed by atoms with E-state index in [0.717, 1.165) is 30.4 Å². The monoisotopic (exact) mass is 514 g/mol. The van der Waals surface area contributed by atoms with E-state index < -0.39 is 35.6 Å². The second kappa shape index (κ2) is 12.3. The highest BCUT2D eigenvalue weighted by atomic mass is 16.5. The lowest BCUT2D eigenvalue weighted by molar-refractivity contribution is -0.156. The lowest BCUT2D eigenvalue weighted by atomic mass is 9.71. The Labute approximate surface area is 219 Å². The molecule has 0 spiro atoms. The maximum absolute atomic E-state index is 13.4. The number of benzene rings is 1. The number of esters is 1. The van der Waals surface area contributed by atoms with Gasteiger partial charge in [-0.05, 0) is 56.2 Å². The molecule has 8 nitrogen and oxygen atoms in total. The molecule has 0 radical (unpaired) electrons. The summed E-state index contributed by atoms with van der Waals surface area (Å²) in [6.45, 7) is 9.33. The maximum Gasteiger partial charge on any atom is 0.309 e. The number of Topliss-reactive ketones (excluding diaryl/α,β-unsaturated/α-hetero) is 1. The lowest BCUT2D eigenvalue weighted by Gasteiger charge is -2.35. The van der Waals surface area contributed by atoms with E-state index in [2.05, 4.69) is 11.1 Å². The molecule has 1 aliphatic rings. The highest BCUT2D eigenvalue weighted by Crippen LogP contribution is 2.35. The number of carbonyl (C=O) groups is 2. The van der Waals surface area contributed by atoms with Crippen LogP contribution in [-0.2, 0) is 20.9 Å². The van der Waals surface area contributed by atoms with Crippen molar-refractivity contribution in [2.45, 2.75) is 98.0 Å². The SMILES string of the molecule is CC[C@H]1C(=O)C(C)(C)[C@@H](O)CC(=O)O[C@H](c2ccc3oc(CN)nc3c2)C/C=C(/C)CCC[C@H](C)[C@@H]1O. The molecule has 1 aliphatic heterocycles. The number of aliphatic hydroxyl groups excluding tert-OH is 2. The highest BCUT2D eigenvalue weighted by Gasteiger charge is 2.43. The van der Waals surface area contributed by atoms with Gasteiger partial charge >= 0.3 is 5.97 Å². The second-order valence-corrected chi connectivity index (χ2v) is 11.0. The summed E-state index contributed by atoms with van der Waals surface area (Å²) in [6.07, 6.45) is 2.51. The Morgan fingerprint density at radius 2 is 1.95 bits per heavy atom. The van der Waals surface area contributed by atoms with Crippen molar-refractivity contribution in [2.75, 3.05) is 0 Å². The zero-order chi connectivity index (χ0) is 27.3. The number of ether oxygens (including phenoxy) is 1. The summed E-state index contributed by atoms with van der Waals surface area (Å²) in [5, 5.41) is 22.0. The average Bonchev–Trinajstić information content (AvgIpc) is 3.28. The van der Waals surface area contributed by atoms with Crippen molar-refractivity contribution in [3.8, 4) is 0 Å². The highest BCUT2D eigenvalue weighted by molar-refractivity contribution is 5.88. The van der Waals surface area contributed by atoms with Gasteiger partial charge in [0, 0.05) is 12.3 Å². The number of nitrogens with two attached hydrogens (primary N) is 1. The van der Waals surface area contributed by atoms with Crippen LogP contribution in [0.1, 0.15) is 90.7 Å². The van der Waals surface area contributed by atoms with Crippen LogP contribution in [0.25, 0.3) is 11.1 Å². The van der Waals surface area contributed by atoms with Gasteiger partial charge in [-0.3, -0.25) is 9.59 Å². The van der Waals surface area contributed by atoms with Gasteiger partial charge < -0.3 is 25.1 Å². The number of hydrogen-bond donors (Lipinski definition) is 3. The standard InChI is InChI=1S/C29H42N2O6/c1-6-20-27(34)18(3)9-7-8-17(2)10-12-22(37-26(33)15-24(32)29(4,5)28(20)35)19-11-13-23-21(14-19)31-25(16-30)36-23/h10-11,13-14,18,20,22,24,27,32,34H,6-9,12,15-16,30H2,1-5H3/b17-10-/t18-,20+,22-,24-,27-/m0/s1. The minimum Gasteiger partial charge on any atom is -0.457 e. The summed E-state index contributed by atoms with van der Waals surface area (Å²) in [4.78, 5) is 30.8. The lowest BCUT2D eigenvalue weighted by Crippen LogP contribution is -2.46. The normalized spacial score (nSPS) is 30.1. The van der Waals surface area contributed by atoms with E-state index in [-0.39, 0.29) is 24.7 Å². The molecule has 37 heavy (non-hydrogen) atoms. The first-order valence-electron chi connectivity index (χ1n) is 13.3. The van der Waals surface area contributed by atoms with Gasteiger partial charge in [0.25, 0.3) is 0 Å². The van der Waals surface area contributed by atoms with E-state index in [1.807, 2.05) is 32.9 Å². The van der Waals surface area contributed by atoms with Crippen LogP contribution in [0, 0.1) is 17.3 Å². The number of fused-ring (bicyclic) bond motifs is 1. The number of cyclic esters (lactones) is 1. The van der Waals surface area contributed by atoms with E-state index >= 15 is 0 Å². The molecule has 0 amide bonds. The predicted octanol–water partition coefficient (Wildman–Crippen LogP) is 4.76. The molecule has 2 aromatic rings. The molecule has 5 atom stereocenters. The fourth-order valence-corrected chi connectivity index (χ4v) is 5.06. The Bertz CT molecular complexity index is 1120. The molecule has 0 bridgehead atoms. The first-order valence-corrected chi connectivity index (χ1v) is 13.3. The first kappa shape index (κ1) is 29.0. The van der Waals surface area contributed by atoms with E-state index in [1.54, 1.807) is 19.9 Å². The quantitative estimate of drug-likeness (QED) is 0.394. The zero-order valence-electron chi connectivity index (χ0n) is 22.7. The third-order valence-corrected chi connectivity index (χ3v) is 7.79. The van der Waals surface area contributed by atoms with Gasteiger partial charge in [-0.25, -0.2) is 4.98 Å². The van der Waals surface area contributed by atoms with Gasteiger partial charge in [0.2, 0.25) is 5.89 Å². The number of oxazole rings is 1. The molecule has 8 heteroatoms. The Kier molecular flexibility index (Phi) is 9.67. The fourth-order valence-electron chi connectivity index (χ4n) is 5.06. The molecule has 0 saturated heterocycles. The number of allylic oxidation sites excluding steroid dienone is 1. The maximum atomic E-state index is 13.4. The predicted molar refractivity (Wildman–Crippen MR) is 141 cm³/mol. The van der Waals surface area contributed by atoms with Crippen LogP contribution in [0.15, 0.2) is 34.3 Å². The average molecular weight is 515 g/mol. The van der Waals surface area contributed by atoms with Crippen LogP contribution in [0.5, 0.6) is 0 Å². The summed E-state index contributed by atoms with van der Waals surface area (Å²) in [6, 6.07) is 5.46. The third kappa shape index (κ3) is 6.86. The number of ketones is 1. The van der Waals surface area contributed by atoms with Crippen molar-refractivity contribution < 1.29 is 29.0 Å². The number of aliphatic hydroxyl groups is 2. The van der Waals surface area contributed by atoms with Crippen molar-refractivity contribution in [3.63, 3.8) is 0 Å². The smallest absolute Gasteiger partial charge is 0.309 e. The number of aromatic nitrogens is 1. The Morgan fingerprint density at radius 1 is 1.22 bits per heavy atom. The summed E-state index contributed by atoms with van der Waals surface area (Å²) in [5.74, 6) is -1.08. The largest absolute Gasteiger partial charge is 0.457 e. The van der Waals surface area contributed by atoms with Gasteiger partial charge in [-0.2, -0.15) is 0 Å². The second-order valence-electron chi connectivity index (χ2n) is 11.0. The molecule has 1 aromatic carbocycles. The summed E-state index contributed by atoms with van der Waals surface area (Å²) < 4.78 is 11.5. The topological polar surface area (TPSA) is 136 Å². The number of nitrogens with zero attached hydrogens (tertiary/aromatic N) is 1. The van der Waals surface area contributed by atoms with Gasteiger partial charge in [-0.15, -0.1) is 0 Å². The summed E-state index contributed by atoms with van der Waals surface area (Å²) in [7, 11) is 0. The molecule has 0 fully saturated rings. The molecular weight excluding hydrogens is 472 g/mol. The molecule has 1 aromatic heterocycles. The molecule has 4 N–H and O–H groups in total. The Hall–Kier alpha value is -2.55. The van der Waals surface area contributed by atoms with Gasteiger partial charge in [0.1, 0.15) is 17.4 Å². The molecule has 0 saturated carbocycles. The van der Waals surface area contributed by atoms with Gasteiger partial charge in [0.05, 0.1) is 30.6 Å². The van der Waals surface area contributed by atoms with Crippen LogP contribution in [-0.4, -0.2) is 39.2 Å². The van der Waals surface area contributed by atoms with Gasteiger partial charge in [-0.1, -0.05) is 45.4 Å². The Balaban J connectivity index is 1.93. The number of hydrogen-bond acceptors (Lipinski definition) is 8. The van der Waals surface area contributed by atoms with Crippen molar-refractivity contribution in [3.05, 3.63) is 41.3 Å². The molecule has 0 unspecified atom stereocenters. The summed E-state index contributed by atoms with van der Waals surface area (Å²) in [5.41, 5.74) is 7.59. The Morgan fingerprint density at radius 3 is 2.62 bits per heavy atom. The van der Waals surface area contributed by atoms with Gasteiger partial charge in [0.15, 0.2) is 5.58 Å². The van der Waals surface area contributed by atoms with Crippen LogP contribution in [0.3, 0.4) is 0 Å². The number of rotatable bonds is 3. The summed E-state index contributed by atoms with van der Waals surface area (Å²) >= 11 is 0. The van der Waals surface area contributed by atoms with Crippen LogP contribution in [0.2, 0.25) is 0 Å². The van der Waals surface area contributed by atoms with Crippen molar-refractivity contribution >= 4 is 22.9 Å². The van der Waals surface area contributed by atoms with Crippen LogP contribution < -0.4 is 5.73 Å². The molecule has 0 aliphatic carbocycles. The van der Waals surface area contributed by atoms with Crippen molar-refractivity contribution in [1.82, 2.24) is 4.98 Å². The molecular formula is C29H42N2O6. The van der Waals surface area contributed by atoms with Crippen LogP contribution in [0.4, 0.5) is 0 Å². The van der Waals surface area contributed by atoms with E-state index in [1.165, 1.54) is 0 Å². The minimum absolute atomic E-state index is 0.0622. The molecule has 2 heterocycles.